The standard InChI is InChI=1S/C15H14F2N2OS/c1-9-2-3-10(6-12(9)16)19-15(20)8-21-11-4-5-14(18)13(17)7-11/h2-7H,8,18H2,1H3,(H,19,20). The first-order valence-electron chi connectivity index (χ1n) is 6.19. The molecule has 0 aliphatic rings. The Morgan fingerprint density at radius 2 is 1.95 bits per heavy atom. The Hall–Kier alpha value is -2.08. The van der Waals surface area contributed by atoms with Crippen LogP contribution in [0, 0.1) is 18.6 Å². The van der Waals surface area contributed by atoms with Gasteiger partial charge in [-0.1, -0.05) is 6.07 Å². The number of nitrogens with two attached hydrogens (primary N) is 1. The molecule has 0 bridgehead atoms. The van der Waals surface area contributed by atoms with Gasteiger partial charge in [0.25, 0.3) is 0 Å². The Kier molecular flexibility index (Phi) is 4.80. The number of nitrogen functional groups attached to an aromatic ring is 1. The van der Waals surface area contributed by atoms with Crippen molar-refractivity contribution in [2.24, 2.45) is 0 Å². The molecule has 0 unspecified atom stereocenters. The van der Waals surface area contributed by atoms with Crippen LogP contribution in [0.5, 0.6) is 0 Å². The maximum Gasteiger partial charge on any atom is 0.234 e. The number of carbonyl (C=O) groups is 1. The van der Waals surface area contributed by atoms with Crippen LogP contribution >= 0.6 is 11.8 Å². The molecule has 0 atom stereocenters. The molecule has 3 nitrogen and oxygen atoms in total. The van der Waals surface area contributed by atoms with Crippen molar-refractivity contribution in [2.45, 2.75) is 11.8 Å². The molecule has 0 saturated carbocycles. The van der Waals surface area contributed by atoms with Crippen molar-refractivity contribution in [2.75, 3.05) is 16.8 Å². The van der Waals surface area contributed by atoms with E-state index in [0.717, 1.165) is 0 Å². The minimum Gasteiger partial charge on any atom is -0.396 e. The smallest absolute Gasteiger partial charge is 0.234 e. The van der Waals surface area contributed by atoms with E-state index in [4.69, 9.17) is 5.73 Å². The molecular formula is C15H14F2N2OS. The zero-order valence-corrected chi connectivity index (χ0v) is 12.1. The summed E-state index contributed by atoms with van der Waals surface area (Å²) in [5.41, 5.74) is 6.35. The molecule has 1 amide bonds. The molecule has 0 aromatic heterocycles. The molecule has 3 N–H and O–H groups in total. The second kappa shape index (κ2) is 6.58. The van der Waals surface area contributed by atoms with Gasteiger partial charge in [0.15, 0.2) is 0 Å². The number of thioether (sulfide) groups is 1. The van der Waals surface area contributed by atoms with Crippen LogP contribution in [-0.2, 0) is 4.79 Å². The van der Waals surface area contributed by atoms with Gasteiger partial charge in [0.2, 0.25) is 5.91 Å². The molecule has 0 saturated heterocycles. The van der Waals surface area contributed by atoms with Crippen LogP contribution in [0.15, 0.2) is 41.3 Å². The lowest BCUT2D eigenvalue weighted by Crippen LogP contribution is -2.14. The Morgan fingerprint density at radius 1 is 1.19 bits per heavy atom. The minimum atomic E-state index is -0.513. The second-order valence-electron chi connectivity index (χ2n) is 4.48. The summed E-state index contributed by atoms with van der Waals surface area (Å²) in [4.78, 5) is 12.4. The van der Waals surface area contributed by atoms with Gasteiger partial charge in [-0.3, -0.25) is 4.79 Å². The van der Waals surface area contributed by atoms with Gasteiger partial charge in [-0.25, -0.2) is 8.78 Å². The molecule has 0 heterocycles. The van der Waals surface area contributed by atoms with Gasteiger partial charge in [0, 0.05) is 10.6 Å². The summed E-state index contributed by atoms with van der Waals surface area (Å²) in [6.45, 7) is 1.65. The molecule has 21 heavy (non-hydrogen) atoms. The van der Waals surface area contributed by atoms with Crippen molar-refractivity contribution in [3.63, 3.8) is 0 Å². The predicted molar refractivity (Wildman–Crippen MR) is 81.3 cm³/mol. The van der Waals surface area contributed by atoms with E-state index < -0.39 is 5.82 Å². The Balaban J connectivity index is 1.92. The predicted octanol–water partition coefficient (Wildman–Crippen LogP) is 3.59. The number of halogens is 2. The highest BCUT2D eigenvalue weighted by molar-refractivity contribution is 8.00. The zero-order chi connectivity index (χ0) is 15.4. The average molecular weight is 308 g/mol. The van der Waals surface area contributed by atoms with E-state index >= 15 is 0 Å². The number of rotatable bonds is 4. The van der Waals surface area contributed by atoms with E-state index in [0.29, 0.717) is 16.1 Å². The molecule has 0 aliphatic carbocycles. The summed E-state index contributed by atoms with van der Waals surface area (Å²) < 4.78 is 26.6. The first kappa shape index (κ1) is 15.3. The molecule has 2 aromatic rings. The SMILES string of the molecule is Cc1ccc(NC(=O)CSc2ccc(N)c(F)c2)cc1F. The van der Waals surface area contributed by atoms with Crippen LogP contribution in [0.25, 0.3) is 0 Å². The fourth-order valence-corrected chi connectivity index (χ4v) is 2.34. The Bertz CT molecular complexity index is 677. The lowest BCUT2D eigenvalue weighted by atomic mass is 10.2. The first-order valence-corrected chi connectivity index (χ1v) is 7.18. The summed E-state index contributed by atoms with van der Waals surface area (Å²) in [7, 11) is 0. The monoisotopic (exact) mass is 308 g/mol. The number of amides is 1. The summed E-state index contributed by atoms with van der Waals surface area (Å²) in [6, 6.07) is 8.85. The van der Waals surface area contributed by atoms with Gasteiger partial charge in [-0.15, -0.1) is 11.8 Å². The Labute approximate surface area is 125 Å². The fraction of sp³-hybridized carbons (Fsp3) is 0.133. The number of aryl methyl sites for hydroxylation is 1. The third-order valence-electron chi connectivity index (χ3n) is 2.80. The van der Waals surface area contributed by atoms with Crippen LogP contribution < -0.4 is 11.1 Å². The second-order valence-corrected chi connectivity index (χ2v) is 5.53. The quantitative estimate of drug-likeness (QED) is 0.670. The molecule has 0 aliphatic heterocycles. The molecule has 0 radical (unpaired) electrons. The fourth-order valence-electron chi connectivity index (χ4n) is 1.61. The van der Waals surface area contributed by atoms with Crippen molar-refractivity contribution >= 4 is 29.0 Å². The summed E-state index contributed by atoms with van der Waals surface area (Å²) in [6.07, 6.45) is 0. The van der Waals surface area contributed by atoms with Gasteiger partial charge >= 0.3 is 0 Å². The first-order chi connectivity index (χ1) is 9.95. The van der Waals surface area contributed by atoms with E-state index in [1.54, 1.807) is 25.1 Å². The van der Waals surface area contributed by atoms with Crippen molar-refractivity contribution in [1.82, 2.24) is 0 Å². The van der Waals surface area contributed by atoms with Crippen LogP contribution in [-0.4, -0.2) is 11.7 Å². The molecular weight excluding hydrogens is 294 g/mol. The number of anilines is 2. The number of nitrogens with one attached hydrogen (secondary N) is 1. The van der Waals surface area contributed by atoms with Crippen LogP contribution in [0.1, 0.15) is 5.56 Å². The Morgan fingerprint density at radius 3 is 2.62 bits per heavy atom. The van der Waals surface area contributed by atoms with E-state index in [1.165, 1.54) is 30.0 Å². The van der Waals surface area contributed by atoms with Gasteiger partial charge in [0.05, 0.1) is 11.4 Å². The highest BCUT2D eigenvalue weighted by atomic mass is 32.2. The number of benzene rings is 2. The topological polar surface area (TPSA) is 55.1 Å². The van der Waals surface area contributed by atoms with E-state index in [9.17, 15) is 13.6 Å². The average Bonchev–Trinajstić information content (AvgIpc) is 2.44. The third kappa shape index (κ3) is 4.19. The third-order valence-corrected chi connectivity index (χ3v) is 3.79. The number of hydrogen-bond acceptors (Lipinski definition) is 3. The van der Waals surface area contributed by atoms with Gasteiger partial charge in [0.1, 0.15) is 11.6 Å². The molecule has 0 spiro atoms. The molecule has 110 valence electrons. The summed E-state index contributed by atoms with van der Waals surface area (Å²) in [5, 5.41) is 2.59. The highest BCUT2D eigenvalue weighted by Gasteiger charge is 2.07. The normalized spacial score (nSPS) is 10.4. The molecule has 2 rings (SSSR count). The maximum atomic E-state index is 13.4. The number of hydrogen-bond donors (Lipinski definition) is 2. The van der Waals surface area contributed by atoms with E-state index in [-0.39, 0.29) is 23.2 Å². The molecule has 6 heteroatoms. The van der Waals surface area contributed by atoms with Gasteiger partial charge < -0.3 is 11.1 Å². The van der Waals surface area contributed by atoms with Crippen LogP contribution in [0.3, 0.4) is 0 Å². The van der Waals surface area contributed by atoms with E-state index in [1.807, 2.05) is 0 Å². The summed E-state index contributed by atoms with van der Waals surface area (Å²) in [5.74, 6) is -1.08. The van der Waals surface area contributed by atoms with Gasteiger partial charge in [-0.05, 0) is 42.8 Å². The van der Waals surface area contributed by atoms with Crippen molar-refractivity contribution < 1.29 is 13.6 Å². The largest absolute Gasteiger partial charge is 0.396 e. The van der Waals surface area contributed by atoms with Crippen molar-refractivity contribution in [1.29, 1.82) is 0 Å². The number of carbonyl (C=O) groups excluding carboxylic acids is 1. The van der Waals surface area contributed by atoms with Crippen LogP contribution in [0.2, 0.25) is 0 Å². The van der Waals surface area contributed by atoms with Gasteiger partial charge in [-0.2, -0.15) is 0 Å². The minimum absolute atomic E-state index is 0.0685. The van der Waals surface area contributed by atoms with E-state index in [2.05, 4.69) is 5.32 Å². The van der Waals surface area contributed by atoms with Crippen LogP contribution in [0.4, 0.5) is 20.2 Å². The molecule has 0 fully saturated rings. The maximum absolute atomic E-state index is 13.4. The lowest BCUT2D eigenvalue weighted by molar-refractivity contribution is -0.113. The zero-order valence-electron chi connectivity index (χ0n) is 11.3. The van der Waals surface area contributed by atoms with Crippen molar-refractivity contribution in [3.8, 4) is 0 Å². The molecule has 2 aromatic carbocycles. The summed E-state index contributed by atoms with van der Waals surface area (Å²) >= 11 is 1.18. The van der Waals surface area contributed by atoms with Crippen molar-refractivity contribution in [3.05, 3.63) is 53.6 Å². The highest BCUT2D eigenvalue weighted by Crippen LogP contribution is 2.22. The lowest BCUT2D eigenvalue weighted by Gasteiger charge is -2.07.